The molecular formula is C12H17N3S2. The van der Waals surface area contributed by atoms with Crippen molar-refractivity contribution in [2.24, 2.45) is 0 Å². The molecule has 0 bridgehead atoms. The Hall–Kier alpha value is -0.940. The van der Waals surface area contributed by atoms with E-state index in [4.69, 9.17) is 12.2 Å². The zero-order chi connectivity index (χ0) is 12.4. The molecule has 0 radical (unpaired) electrons. The quantitative estimate of drug-likeness (QED) is 0.851. The maximum atomic E-state index is 5.27. The first-order chi connectivity index (χ1) is 8.19. The number of hydrogen-bond donors (Lipinski definition) is 1. The van der Waals surface area contributed by atoms with Gasteiger partial charge in [0, 0.05) is 22.4 Å². The number of H-pyrrole nitrogens is 1. The fourth-order valence-corrected chi connectivity index (χ4v) is 3.22. The average molecular weight is 267 g/mol. The van der Waals surface area contributed by atoms with Crippen molar-refractivity contribution in [1.82, 2.24) is 14.8 Å². The van der Waals surface area contributed by atoms with Crippen LogP contribution in [0.1, 0.15) is 30.7 Å². The van der Waals surface area contributed by atoms with Crippen molar-refractivity contribution in [3.8, 4) is 11.4 Å². The second-order valence-corrected chi connectivity index (χ2v) is 5.51. The van der Waals surface area contributed by atoms with Crippen LogP contribution in [0, 0.1) is 11.7 Å². The molecule has 1 N–H and O–H groups in total. The minimum atomic E-state index is 0.716. The minimum absolute atomic E-state index is 0.716. The molecule has 92 valence electrons. The lowest BCUT2D eigenvalue weighted by molar-refractivity contribution is 0.674. The van der Waals surface area contributed by atoms with Gasteiger partial charge in [-0.3, -0.25) is 5.10 Å². The van der Waals surface area contributed by atoms with Gasteiger partial charge in [-0.25, -0.2) is 0 Å². The lowest BCUT2D eigenvalue weighted by Crippen LogP contribution is -2.00. The lowest BCUT2D eigenvalue weighted by atomic mass is 10.1. The normalized spacial score (nSPS) is 11.0. The molecule has 0 unspecified atom stereocenters. The second-order valence-electron chi connectivity index (χ2n) is 4.04. The third-order valence-corrected chi connectivity index (χ3v) is 4.17. The highest BCUT2D eigenvalue weighted by molar-refractivity contribution is 7.71. The van der Waals surface area contributed by atoms with Gasteiger partial charge in [0.05, 0.1) is 0 Å². The molecule has 0 amide bonds. The van der Waals surface area contributed by atoms with Gasteiger partial charge in [-0.1, -0.05) is 13.8 Å². The summed E-state index contributed by atoms with van der Waals surface area (Å²) in [4.78, 5) is 1.37. The van der Waals surface area contributed by atoms with E-state index in [2.05, 4.69) is 40.9 Å². The van der Waals surface area contributed by atoms with Crippen molar-refractivity contribution in [2.45, 2.75) is 40.2 Å². The molecule has 3 nitrogen and oxygen atoms in total. The van der Waals surface area contributed by atoms with Gasteiger partial charge in [-0.05, 0) is 37.5 Å². The SMILES string of the molecule is CCCn1c(-c2csc(C)c2CC)n[nH]c1=S. The highest BCUT2D eigenvalue weighted by Gasteiger charge is 2.14. The van der Waals surface area contributed by atoms with Gasteiger partial charge >= 0.3 is 0 Å². The number of nitrogens with zero attached hydrogens (tertiary/aromatic N) is 2. The molecule has 0 saturated carbocycles. The van der Waals surface area contributed by atoms with E-state index in [0.29, 0.717) is 4.77 Å². The first kappa shape index (κ1) is 12.5. The largest absolute Gasteiger partial charge is 0.300 e. The van der Waals surface area contributed by atoms with Crippen LogP contribution in [0.25, 0.3) is 11.4 Å². The Morgan fingerprint density at radius 1 is 1.47 bits per heavy atom. The summed E-state index contributed by atoms with van der Waals surface area (Å²) >= 11 is 7.06. The molecule has 2 aromatic heterocycles. The zero-order valence-electron chi connectivity index (χ0n) is 10.4. The highest BCUT2D eigenvalue weighted by Crippen LogP contribution is 2.30. The number of aromatic amines is 1. The maximum absolute atomic E-state index is 5.27. The molecule has 17 heavy (non-hydrogen) atoms. The Balaban J connectivity index is 2.56. The van der Waals surface area contributed by atoms with Crippen LogP contribution in [0.15, 0.2) is 5.38 Å². The van der Waals surface area contributed by atoms with Gasteiger partial charge in [0.2, 0.25) is 0 Å². The molecule has 2 heterocycles. The second kappa shape index (κ2) is 5.14. The molecule has 0 fully saturated rings. The molecule has 0 aliphatic heterocycles. The van der Waals surface area contributed by atoms with E-state index in [1.165, 1.54) is 16.0 Å². The van der Waals surface area contributed by atoms with Crippen molar-refractivity contribution < 1.29 is 0 Å². The maximum Gasteiger partial charge on any atom is 0.195 e. The van der Waals surface area contributed by atoms with E-state index in [-0.39, 0.29) is 0 Å². The summed E-state index contributed by atoms with van der Waals surface area (Å²) < 4.78 is 2.81. The Bertz CT molecular complexity index is 563. The summed E-state index contributed by atoms with van der Waals surface area (Å²) in [5.74, 6) is 0.984. The zero-order valence-corrected chi connectivity index (χ0v) is 12.0. The summed E-state index contributed by atoms with van der Waals surface area (Å²) in [5.41, 5.74) is 2.62. The monoisotopic (exact) mass is 267 g/mol. The van der Waals surface area contributed by atoms with Gasteiger partial charge in [0.25, 0.3) is 0 Å². The summed E-state index contributed by atoms with van der Waals surface area (Å²) in [7, 11) is 0. The van der Waals surface area contributed by atoms with Gasteiger partial charge in [0.1, 0.15) is 0 Å². The smallest absolute Gasteiger partial charge is 0.195 e. The van der Waals surface area contributed by atoms with Crippen molar-refractivity contribution in [1.29, 1.82) is 0 Å². The summed E-state index contributed by atoms with van der Waals surface area (Å²) in [6.45, 7) is 7.42. The summed E-state index contributed by atoms with van der Waals surface area (Å²) in [6.07, 6.45) is 2.10. The molecule has 0 aliphatic rings. The molecule has 0 aliphatic carbocycles. The summed E-state index contributed by atoms with van der Waals surface area (Å²) in [5, 5.41) is 9.47. The van der Waals surface area contributed by atoms with Crippen LogP contribution >= 0.6 is 23.6 Å². The van der Waals surface area contributed by atoms with Crippen molar-refractivity contribution >= 4 is 23.6 Å². The van der Waals surface area contributed by atoms with E-state index >= 15 is 0 Å². The third kappa shape index (κ3) is 2.21. The Morgan fingerprint density at radius 2 is 2.24 bits per heavy atom. The van der Waals surface area contributed by atoms with Crippen LogP contribution in [0.5, 0.6) is 0 Å². The van der Waals surface area contributed by atoms with E-state index in [0.717, 1.165) is 25.2 Å². The number of nitrogens with one attached hydrogen (secondary N) is 1. The lowest BCUT2D eigenvalue weighted by Gasteiger charge is -2.05. The topological polar surface area (TPSA) is 33.6 Å². The fraction of sp³-hybridized carbons (Fsp3) is 0.500. The first-order valence-electron chi connectivity index (χ1n) is 5.91. The van der Waals surface area contributed by atoms with Gasteiger partial charge in [0.15, 0.2) is 10.6 Å². The molecule has 0 saturated heterocycles. The molecule has 5 heteroatoms. The van der Waals surface area contributed by atoms with Crippen LogP contribution in [-0.4, -0.2) is 14.8 Å². The summed E-state index contributed by atoms with van der Waals surface area (Å²) in [6, 6.07) is 0. The van der Waals surface area contributed by atoms with Crippen LogP contribution in [-0.2, 0) is 13.0 Å². The van der Waals surface area contributed by atoms with Gasteiger partial charge in [-0.2, -0.15) is 5.10 Å². The van der Waals surface area contributed by atoms with Crippen LogP contribution in [0.2, 0.25) is 0 Å². The molecule has 2 rings (SSSR count). The number of rotatable bonds is 4. The van der Waals surface area contributed by atoms with Crippen LogP contribution < -0.4 is 0 Å². The van der Waals surface area contributed by atoms with Crippen molar-refractivity contribution in [2.75, 3.05) is 0 Å². The Morgan fingerprint density at radius 3 is 2.88 bits per heavy atom. The first-order valence-corrected chi connectivity index (χ1v) is 7.20. The van der Waals surface area contributed by atoms with Crippen molar-refractivity contribution in [3.05, 3.63) is 20.6 Å². The Kier molecular flexibility index (Phi) is 3.79. The molecule has 0 spiro atoms. The molecule has 2 aromatic rings. The Labute approximate surface area is 111 Å². The molecule has 0 aromatic carbocycles. The standard InChI is InChI=1S/C12H17N3S2/c1-4-6-15-11(13-14-12(15)16)10-7-17-8(3)9(10)5-2/h7H,4-6H2,1-3H3,(H,14,16). The highest BCUT2D eigenvalue weighted by atomic mass is 32.1. The minimum Gasteiger partial charge on any atom is -0.300 e. The van der Waals surface area contributed by atoms with Crippen LogP contribution in [0.4, 0.5) is 0 Å². The van der Waals surface area contributed by atoms with E-state index in [1.807, 2.05) is 0 Å². The van der Waals surface area contributed by atoms with E-state index < -0.39 is 0 Å². The number of thiophene rings is 1. The number of aromatic nitrogens is 3. The average Bonchev–Trinajstić information content (AvgIpc) is 2.84. The molecule has 0 atom stereocenters. The third-order valence-electron chi connectivity index (χ3n) is 2.90. The molecular weight excluding hydrogens is 250 g/mol. The van der Waals surface area contributed by atoms with Gasteiger partial charge in [-0.15, -0.1) is 11.3 Å². The van der Waals surface area contributed by atoms with E-state index in [1.54, 1.807) is 11.3 Å². The predicted molar refractivity (Wildman–Crippen MR) is 75.1 cm³/mol. The van der Waals surface area contributed by atoms with E-state index in [9.17, 15) is 0 Å². The van der Waals surface area contributed by atoms with Crippen molar-refractivity contribution in [3.63, 3.8) is 0 Å². The van der Waals surface area contributed by atoms with Crippen LogP contribution in [0.3, 0.4) is 0 Å². The van der Waals surface area contributed by atoms with Gasteiger partial charge < -0.3 is 4.57 Å². The number of aryl methyl sites for hydroxylation is 1. The predicted octanol–water partition coefficient (Wildman–Crippen LogP) is 3.95. The fourth-order valence-electron chi connectivity index (χ4n) is 2.06. The number of hydrogen-bond acceptors (Lipinski definition) is 3.